The highest BCUT2D eigenvalue weighted by molar-refractivity contribution is 5.75. The van der Waals surface area contributed by atoms with Crippen molar-refractivity contribution < 1.29 is 9.90 Å². The van der Waals surface area contributed by atoms with Crippen LogP contribution in [-0.4, -0.2) is 34.4 Å². The Morgan fingerprint density at radius 1 is 1.12 bits per heavy atom. The number of nitrogens with one attached hydrogen (secondary N) is 3. The Balaban J connectivity index is 1.64. The van der Waals surface area contributed by atoms with Crippen molar-refractivity contribution >= 4 is 6.03 Å². The van der Waals surface area contributed by atoms with Crippen LogP contribution in [0.2, 0.25) is 0 Å². The second-order valence-corrected chi connectivity index (χ2v) is 8.56. The molecule has 2 amide bonds. The number of hydrogen-bond acceptors (Lipinski definition) is 3. The Morgan fingerprint density at radius 2 is 1.75 bits per heavy atom. The number of amides is 2. The fourth-order valence-corrected chi connectivity index (χ4v) is 4.54. The van der Waals surface area contributed by atoms with Crippen LogP contribution >= 0.6 is 0 Å². The average molecular weight is 331 g/mol. The monoisotopic (exact) mass is 331 g/mol. The largest absolute Gasteiger partial charge is 0.390 e. The van der Waals surface area contributed by atoms with Gasteiger partial charge in [0.1, 0.15) is 0 Å². The van der Waals surface area contributed by atoms with E-state index in [0.29, 0.717) is 6.42 Å². The number of benzene rings is 1. The second kappa shape index (κ2) is 6.05. The van der Waals surface area contributed by atoms with E-state index in [1.54, 1.807) is 0 Å². The first-order valence-corrected chi connectivity index (χ1v) is 8.77. The first-order chi connectivity index (χ1) is 11.2. The number of aliphatic hydroxyl groups excluding tert-OH is 1. The zero-order valence-corrected chi connectivity index (χ0v) is 15.0. The summed E-state index contributed by atoms with van der Waals surface area (Å²) in [6.45, 7) is 8.66. The fraction of sp³-hybridized carbons (Fsp3) is 0.632. The second-order valence-electron chi connectivity index (χ2n) is 8.56. The number of fused-ring (bicyclic) bond motifs is 1. The summed E-state index contributed by atoms with van der Waals surface area (Å²) in [5, 5.41) is 20.0. The van der Waals surface area contributed by atoms with Gasteiger partial charge in [0.15, 0.2) is 0 Å². The van der Waals surface area contributed by atoms with Gasteiger partial charge >= 0.3 is 6.03 Å². The van der Waals surface area contributed by atoms with Crippen LogP contribution in [0, 0.1) is 0 Å². The zero-order valence-electron chi connectivity index (χ0n) is 15.0. The van der Waals surface area contributed by atoms with Gasteiger partial charge < -0.3 is 21.1 Å². The van der Waals surface area contributed by atoms with Gasteiger partial charge in [0.2, 0.25) is 0 Å². The summed E-state index contributed by atoms with van der Waals surface area (Å²) >= 11 is 0. The van der Waals surface area contributed by atoms with Crippen LogP contribution in [0.5, 0.6) is 0 Å². The van der Waals surface area contributed by atoms with Gasteiger partial charge in [-0.25, -0.2) is 4.79 Å². The molecule has 1 heterocycles. The van der Waals surface area contributed by atoms with Gasteiger partial charge in [-0.05, 0) is 51.7 Å². The van der Waals surface area contributed by atoms with Crippen LogP contribution in [0.15, 0.2) is 24.3 Å². The van der Waals surface area contributed by atoms with E-state index in [-0.39, 0.29) is 29.2 Å². The molecule has 1 fully saturated rings. The van der Waals surface area contributed by atoms with Gasteiger partial charge in [0, 0.05) is 23.5 Å². The van der Waals surface area contributed by atoms with E-state index in [2.05, 4.69) is 43.6 Å². The Labute approximate surface area is 144 Å². The van der Waals surface area contributed by atoms with Crippen molar-refractivity contribution in [1.29, 1.82) is 0 Å². The molecule has 0 aromatic heterocycles. The molecule has 2 aliphatic rings. The highest BCUT2D eigenvalue weighted by Crippen LogP contribution is 2.32. The summed E-state index contributed by atoms with van der Waals surface area (Å²) in [6.07, 6.45) is 1.80. The maximum Gasteiger partial charge on any atom is 0.315 e. The molecule has 0 unspecified atom stereocenters. The minimum absolute atomic E-state index is 0.0147. The molecule has 3 rings (SSSR count). The number of piperidine rings is 1. The van der Waals surface area contributed by atoms with Crippen molar-refractivity contribution in [3.05, 3.63) is 35.4 Å². The van der Waals surface area contributed by atoms with E-state index in [4.69, 9.17) is 0 Å². The highest BCUT2D eigenvalue weighted by Gasteiger charge is 2.39. The molecule has 0 bridgehead atoms. The Bertz CT molecular complexity index is 611. The lowest BCUT2D eigenvalue weighted by molar-refractivity contribution is 0.132. The van der Waals surface area contributed by atoms with Gasteiger partial charge in [0.25, 0.3) is 0 Å². The van der Waals surface area contributed by atoms with E-state index >= 15 is 0 Å². The third kappa shape index (κ3) is 3.73. The summed E-state index contributed by atoms with van der Waals surface area (Å²) < 4.78 is 0. The summed E-state index contributed by atoms with van der Waals surface area (Å²) in [4.78, 5) is 12.5. The molecule has 1 aromatic carbocycles. The average Bonchev–Trinajstić information content (AvgIpc) is 2.71. The first kappa shape index (κ1) is 17.2. The van der Waals surface area contributed by atoms with Crippen LogP contribution in [0.4, 0.5) is 4.79 Å². The normalized spacial score (nSPS) is 28.2. The van der Waals surface area contributed by atoms with Crippen molar-refractivity contribution in [2.75, 3.05) is 0 Å². The maximum absolute atomic E-state index is 12.5. The van der Waals surface area contributed by atoms with E-state index in [1.807, 2.05) is 24.3 Å². The molecule has 1 aliphatic heterocycles. The number of carbonyl (C=O) groups excluding carboxylic acids is 1. The SMILES string of the molecule is CC1(C)CC(NC(=O)N[C@@H]2c3ccccc3C[C@@H]2O)CC(C)(C)N1. The lowest BCUT2D eigenvalue weighted by Gasteiger charge is -2.46. The van der Waals surface area contributed by atoms with Gasteiger partial charge in [-0.3, -0.25) is 0 Å². The third-order valence-corrected chi connectivity index (χ3v) is 5.02. The van der Waals surface area contributed by atoms with Crippen molar-refractivity contribution in [3.8, 4) is 0 Å². The van der Waals surface area contributed by atoms with E-state index < -0.39 is 6.10 Å². The van der Waals surface area contributed by atoms with Gasteiger partial charge in [0.05, 0.1) is 12.1 Å². The Hall–Kier alpha value is -1.59. The molecule has 24 heavy (non-hydrogen) atoms. The van der Waals surface area contributed by atoms with Crippen LogP contribution < -0.4 is 16.0 Å². The third-order valence-electron chi connectivity index (χ3n) is 5.02. The standard InChI is InChI=1S/C19H29N3O2/c1-18(2)10-13(11-19(3,4)22-18)20-17(24)21-16-14-8-6-5-7-12(14)9-15(16)23/h5-8,13,15-16,22-23H,9-11H2,1-4H3,(H2,20,21,24)/t15-,16+/m0/s1. The molecule has 5 heteroatoms. The molecular weight excluding hydrogens is 302 g/mol. The van der Waals surface area contributed by atoms with Gasteiger partial charge in [-0.2, -0.15) is 0 Å². The summed E-state index contributed by atoms with van der Waals surface area (Å²) in [5.74, 6) is 0. The molecule has 0 radical (unpaired) electrons. The molecule has 0 saturated carbocycles. The molecule has 0 spiro atoms. The van der Waals surface area contributed by atoms with Crippen molar-refractivity contribution in [1.82, 2.24) is 16.0 Å². The molecule has 1 aliphatic carbocycles. The molecule has 2 atom stereocenters. The summed E-state index contributed by atoms with van der Waals surface area (Å²) in [5.41, 5.74) is 2.10. The summed E-state index contributed by atoms with van der Waals surface area (Å²) in [7, 11) is 0. The van der Waals surface area contributed by atoms with Gasteiger partial charge in [-0.1, -0.05) is 24.3 Å². The number of carbonyl (C=O) groups is 1. The fourth-order valence-electron chi connectivity index (χ4n) is 4.54. The van der Waals surface area contributed by atoms with Crippen molar-refractivity contribution in [2.45, 2.75) is 76.2 Å². The zero-order chi connectivity index (χ0) is 17.5. The molecule has 132 valence electrons. The smallest absolute Gasteiger partial charge is 0.315 e. The minimum Gasteiger partial charge on any atom is -0.390 e. The van der Waals surface area contributed by atoms with Gasteiger partial charge in [-0.15, -0.1) is 0 Å². The van der Waals surface area contributed by atoms with Crippen LogP contribution in [0.1, 0.15) is 57.7 Å². The topological polar surface area (TPSA) is 73.4 Å². The Kier molecular flexibility index (Phi) is 4.34. The molecule has 1 aromatic rings. The highest BCUT2D eigenvalue weighted by atomic mass is 16.3. The quantitative estimate of drug-likeness (QED) is 0.672. The van der Waals surface area contributed by atoms with Crippen LogP contribution in [0.25, 0.3) is 0 Å². The lowest BCUT2D eigenvalue weighted by Crippen LogP contribution is -2.62. The predicted molar refractivity (Wildman–Crippen MR) is 94.9 cm³/mol. The van der Waals surface area contributed by atoms with Crippen molar-refractivity contribution in [3.63, 3.8) is 0 Å². The Morgan fingerprint density at radius 3 is 2.42 bits per heavy atom. The number of urea groups is 1. The summed E-state index contributed by atoms with van der Waals surface area (Å²) in [6, 6.07) is 7.49. The van der Waals surface area contributed by atoms with Crippen LogP contribution in [-0.2, 0) is 6.42 Å². The maximum atomic E-state index is 12.5. The lowest BCUT2D eigenvalue weighted by atomic mass is 9.80. The molecule has 4 N–H and O–H groups in total. The van der Waals surface area contributed by atoms with Crippen molar-refractivity contribution in [2.24, 2.45) is 0 Å². The van der Waals surface area contributed by atoms with Crippen LogP contribution in [0.3, 0.4) is 0 Å². The number of rotatable bonds is 2. The minimum atomic E-state index is -0.561. The first-order valence-electron chi connectivity index (χ1n) is 8.77. The number of hydrogen-bond donors (Lipinski definition) is 4. The number of aliphatic hydroxyl groups is 1. The predicted octanol–water partition coefficient (Wildman–Crippen LogP) is 2.25. The molecule has 1 saturated heterocycles. The van der Waals surface area contributed by atoms with E-state index in [1.165, 1.54) is 0 Å². The van der Waals surface area contributed by atoms with E-state index in [0.717, 1.165) is 24.0 Å². The molecular formula is C19H29N3O2. The molecule has 5 nitrogen and oxygen atoms in total. The van der Waals surface area contributed by atoms with E-state index in [9.17, 15) is 9.90 Å².